The second-order valence-corrected chi connectivity index (χ2v) is 8.11. The summed E-state index contributed by atoms with van der Waals surface area (Å²) in [6.07, 6.45) is 5.11. The van der Waals surface area contributed by atoms with Crippen LogP contribution in [0.4, 0.5) is 16.2 Å². The average molecular weight is 459 g/mol. The highest BCUT2D eigenvalue weighted by Gasteiger charge is 2.23. The van der Waals surface area contributed by atoms with Crippen LogP contribution in [0.2, 0.25) is 5.02 Å². The third kappa shape index (κ3) is 4.96. The SMILES string of the molecule is Cc1ccc(N(Cc2ccc[nH]2)C(=O)N(C)c2cccnc2)cc1C(=O)c1ccc(Cl)cc1. The molecule has 2 aromatic heterocycles. The summed E-state index contributed by atoms with van der Waals surface area (Å²) in [5.41, 5.74) is 4.05. The van der Waals surface area contributed by atoms with E-state index in [1.165, 1.54) is 4.90 Å². The van der Waals surface area contributed by atoms with Gasteiger partial charge in [0, 0.05) is 47.0 Å². The Labute approximate surface area is 197 Å². The number of benzene rings is 2. The van der Waals surface area contributed by atoms with E-state index in [4.69, 9.17) is 11.6 Å². The maximum Gasteiger partial charge on any atom is 0.329 e. The fraction of sp³-hybridized carbons (Fsp3) is 0.115. The van der Waals surface area contributed by atoms with Gasteiger partial charge in [0.25, 0.3) is 0 Å². The molecule has 33 heavy (non-hydrogen) atoms. The summed E-state index contributed by atoms with van der Waals surface area (Å²) in [6.45, 7) is 2.19. The largest absolute Gasteiger partial charge is 0.364 e. The maximum absolute atomic E-state index is 13.6. The molecular formula is C26H23ClN4O2. The normalized spacial score (nSPS) is 10.6. The van der Waals surface area contributed by atoms with E-state index in [0.29, 0.717) is 34.1 Å². The molecular weight excluding hydrogens is 436 g/mol. The van der Waals surface area contributed by atoms with E-state index in [0.717, 1.165) is 11.3 Å². The lowest BCUT2D eigenvalue weighted by Gasteiger charge is -2.28. The Hall–Kier alpha value is -3.90. The Morgan fingerprint density at radius 3 is 2.45 bits per heavy atom. The number of hydrogen-bond donors (Lipinski definition) is 1. The van der Waals surface area contributed by atoms with Crippen LogP contribution >= 0.6 is 11.6 Å². The van der Waals surface area contributed by atoms with Gasteiger partial charge in [-0.05, 0) is 73.2 Å². The number of pyridine rings is 1. The van der Waals surface area contributed by atoms with E-state index < -0.39 is 0 Å². The van der Waals surface area contributed by atoms with Gasteiger partial charge in [0.15, 0.2) is 5.78 Å². The van der Waals surface area contributed by atoms with Crippen LogP contribution in [0.3, 0.4) is 0 Å². The van der Waals surface area contributed by atoms with Crippen molar-refractivity contribution in [2.24, 2.45) is 0 Å². The predicted molar refractivity (Wildman–Crippen MR) is 131 cm³/mol. The van der Waals surface area contributed by atoms with Crippen molar-refractivity contribution in [2.75, 3.05) is 16.8 Å². The molecule has 2 amide bonds. The number of anilines is 2. The van der Waals surface area contributed by atoms with Crippen molar-refractivity contribution in [1.29, 1.82) is 0 Å². The molecule has 0 aliphatic carbocycles. The molecule has 6 nitrogen and oxygen atoms in total. The molecule has 0 saturated carbocycles. The van der Waals surface area contributed by atoms with E-state index in [1.807, 2.05) is 43.5 Å². The highest BCUT2D eigenvalue weighted by molar-refractivity contribution is 6.30. The number of aryl methyl sites for hydroxylation is 1. The minimum Gasteiger partial charge on any atom is -0.364 e. The molecule has 0 aliphatic rings. The summed E-state index contributed by atoms with van der Waals surface area (Å²) in [5.74, 6) is -0.126. The van der Waals surface area contributed by atoms with Gasteiger partial charge in [0.1, 0.15) is 0 Å². The van der Waals surface area contributed by atoms with Gasteiger partial charge in [-0.25, -0.2) is 4.79 Å². The van der Waals surface area contributed by atoms with Crippen molar-refractivity contribution in [1.82, 2.24) is 9.97 Å². The molecule has 2 aromatic carbocycles. The van der Waals surface area contributed by atoms with Crippen molar-refractivity contribution in [2.45, 2.75) is 13.5 Å². The highest BCUT2D eigenvalue weighted by atomic mass is 35.5. The topological polar surface area (TPSA) is 69.3 Å². The highest BCUT2D eigenvalue weighted by Crippen LogP contribution is 2.26. The van der Waals surface area contributed by atoms with Gasteiger partial charge in [-0.3, -0.25) is 19.6 Å². The molecule has 0 saturated heterocycles. The van der Waals surface area contributed by atoms with Crippen LogP contribution in [0.1, 0.15) is 27.2 Å². The van der Waals surface area contributed by atoms with Crippen molar-refractivity contribution in [3.05, 3.63) is 113 Å². The molecule has 0 atom stereocenters. The number of ketones is 1. The van der Waals surface area contributed by atoms with E-state index in [9.17, 15) is 9.59 Å². The van der Waals surface area contributed by atoms with Crippen molar-refractivity contribution in [3.8, 4) is 0 Å². The molecule has 0 unspecified atom stereocenters. The van der Waals surface area contributed by atoms with Gasteiger partial charge in [-0.15, -0.1) is 0 Å². The standard InChI is InChI=1S/C26H23ClN4O2/c1-18-7-12-22(15-24(18)25(32)19-8-10-20(27)11-9-19)31(17-21-5-3-14-29-21)26(33)30(2)23-6-4-13-28-16-23/h3-16,29H,17H2,1-2H3. The van der Waals surface area contributed by atoms with Gasteiger partial charge in [-0.1, -0.05) is 17.7 Å². The molecule has 7 heteroatoms. The minimum absolute atomic E-state index is 0.126. The van der Waals surface area contributed by atoms with Crippen LogP contribution in [-0.4, -0.2) is 28.8 Å². The number of H-pyrrole nitrogens is 1. The van der Waals surface area contributed by atoms with Gasteiger partial charge in [0.2, 0.25) is 0 Å². The Bertz CT molecular complexity index is 1260. The number of carbonyl (C=O) groups excluding carboxylic acids is 2. The Kier molecular flexibility index (Phi) is 6.56. The number of halogens is 1. The van der Waals surface area contributed by atoms with Crippen LogP contribution in [-0.2, 0) is 6.54 Å². The van der Waals surface area contributed by atoms with Crippen LogP contribution in [0, 0.1) is 6.92 Å². The molecule has 0 aliphatic heterocycles. The minimum atomic E-state index is -0.244. The van der Waals surface area contributed by atoms with Gasteiger partial charge < -0.3 is 4.98 Å². The third-order valence-electron chi connectivity index (χ3n) is 5.43. The quantitative estimate of drug-likeness (QED) is 0.367. The molecule has 0 spiro atoms. The van der Waals surface area contributed by atoms with Crippen molar-refractivity contribution >= 4 is 34.8 Å². The first-order valence-corrected chi connectivity index (χ1v) is 10.8. The maximum atomic E-state index is 13.6. The van der Waals surface area contributed by atoms with Crippen LogP contribution in [0.5, 0.6) is 0 Å². The summed E-state index contributed by atoms with van der Waals surface area (Å²) in [4.78, 5) is 37.2. The molecule has 0 fully saturated rings. The molecule has 4 rings (SSSR count). The molecule has 0 bridgehead atoms. The van der Waals surface area contributed by atoms with E-state index in [-0.39, 0.29) is 11.8 Å². The lowest BCUT2D eigenvalue weighted by molar-refractivity contribution is 0.103. The molecule has 2 heterocycles. The number of rotatable bonds is 6. The van der Waals surface area contributed by atoms with Crippen LogP contribution in [0.15, 0.2) is 85.3 Å². The van der Waals surface area contributed by atoms with Gasteiger partial charge >= 0.3 is 6.03 Å². The Morgan fingerprint density at radius 1 is 1.00 bits per heavy atom. The number of urea groups is 1. The first-order valence-electron chi connectivity index (χ1n) is 10.4. The summed E-state index contributed by atoms with van der Waals surface area (Å²) in [6, 6.07) is 19.4. The Morgan fingerprint density at radius 2 is 1.79 bits per heavy atom. The summed E-state index contributed by atoms with van der Waals surface area (Å²) < 4.78 is 0. The number of aromatic nitrogens is 2. The zero-order chi connectivity index (χ0) is 23.4. The fourth-order valence-corrected chi connectivity index (χ4v) is 3.65. The number of aromatic amines is 1. The van der Waals surface area contributed by atoms with E-state index in [2.05, 4.69) is 9.97 Å². The molecule has 166 valence electrons. The van der Waals surface area contributed by atoms with Gasteiger partial charge in [0.05, 0.1) is 18.4 Å². The lowest BCUT2D eigenvalue weighted by Crippen LogP contribution is -2.41. The summed E-state index contributed by atoms with van der Waals surface area (Å²) in [7, 11) is 1.70. The molecule has 4 aromatic rings. The number of amides is 2. The number of hydrogen-bond acceptors (Lipinski definition) is 3. The number of nitrogens with zero attached hydrogens (tertiary/aromatic N) is 3. The fourth-order valence-electron chi connectivity index (χ4n) is 3.53. The summed E-state index contributed by atoms with van der Waals surface area (Å²) >= 11 is 5.98. The van der Waals surface area contributed by atoms with Crippen LogP contribution < -0.4 is 9.80 Å². The lowest BCUT2D eigenvalue weighted by atomic mass is 9.98. The monoisotopic (exact) mass is 458 g/mol. The predicted octanol–water partition coefficient (Wildman–Crippen LogP) is 5.87. The molecule has 1 N–H and O–H groups in total. The second-order valence-electron chi connectivity index (χ2n) is 7.67. The average Bonchev–Trinajstić information content (AvgIpc) is 3.36. The van der Waals surface area contributed by atoms with Crippen molar-refractivity contribution < 1.29 is 9.59 Å². The molecule has 0 radical (unpaired) electrons. The zero-order valence-electron chi connectivity index (χ0n) is 18.3. The summed E-state index contributed by atoms with van der Waals surface area (Å²) in [5, 5.41) is 0.568. The van der Waals surface area contributed by atoms with Crippen LogP contribution in [0.25, 0.3) is 0 Å². The third-order valence-corrected chi connectivity index (χ3v) is 5.68. The first-order chi connectivity index (χ1) is 15.9. The smallest absolute Gasteiger partial charge is 0.329 e. The number of carbonyl (C=O) groups is 2. The van der Waals surface area contributed by atoms with E-state index >= 15 is 0 Å². The zero-order valence-corrected chi connectivity index (χ0v) is 19.1. The van der Waals surface area contributed by atoms with Gasteiger partial charge in [-0.2, -0.15) is 0 Å². The number of nitrogens with one attached hydrogen (secondary N) is 1. The first kappa shape index (κ1) is 22.3. The van der Waals surface area contributed by atoms with E-state index in [1.54, 1.807) is 60.7 Å². The second kappa shape index (κ2) is 9.71. The van der Waals surface area contributed by atoms with Crippen molar-refractivity contribution in [3.63, 3.8) is 0 Å². The Balaban J connectivity index is 1.72.